The van der Waals surface area contributed by atoms with Crippen molar-refractivity contribution < 1.29 is 98.7 Å². The van der Waals surface area contributed by atoms with E-state index < -0.39 is 99.7 Å². The van der Waals surface area contributed by atoms with Crippen LogP contribution in [0, 0.1) is 23.7 Å². The summed E-state index contributed by atoms with van der Waals surface area (Å²) in [6.45, 7) is -2.20. The Hall–Kier alpha value is -8.16. The van der Waals surface area contributed by atoms with Crippen LogP contribution in [0.4, 0.5) is 5.69 Å². The van der Waals surface area contributed by atoms with Gasteiger partial charge in [0.05, 0.1) is 59.9 Å². The number of hydrogen-bond acceptors (Lipinski definition) is 25. The Kier molecular flexibility index (Phi) is 24.6. The number of isothiocyanates is 1. The molecule has 5 aromatic rings. The number of aliphatic hydroxyl groups is 8. The molecule has 2 saturated heterocycles. The summed E-state index contributed by atoms with van der Waals surface area (Å²) in [6.07, 6.45) is -14.4. The largest absolute Gasteiger partial charge is 0.480 e. The van der Waals surface area contributed by atoms with Gasteiger partial charge in [-0.2, -0.15) is 4.99 Å². The lowest BCUT2D eigenvalue weighted by Crippen LogP contribution is -2.60. The van der Waals surface area contributed by atoms with E-state index in [0.29, 0.717) is 63.7 Å². The van der Waals surface area contributed by atoms with Crippen molar-refractivity contribution in [3.05, 3.63) is 148 Å². The molecule has 10 N–H and O–H groups in total. The number of nitrogens with zero attached hydrogens (tertiary/aromatic N) is 6. The molecule has 2 aliphatic heterocycles. The van der Waals surface area contributed by atoms with Crippen molar-refractivity contribution in [2.75, 3.05) is 46.3 Å². The van der Waals surface area contributed by atoms with Crippen LogP contribution in [0.1, 0.15) is 50.6 Å². The second-order valence-corrected chi connectivity index (χ2v) is 19.9. The molecule has 0 aliphatic carbocycles. The number of carbonyl (C=O) groups excluding carboxylic acids is 2. The molecule has 2 aliphatic rings. The van der Waals surface area contributed by atoms with Crippen LogP contribution in [0.3, 0.4) is 0 Å². The van der Waals surface area contributed by atoms with Crippen molar-refractivity contribution in [1.29, 1.82) is 0 Å². The standard InChI is InChI=1S/C59H62N6O20S/c66-29-48-52(74)54(76)56(78)58(84-48)82-46-13-7-36(8-14-46)1-3-39-19-42(61-44(21-39)25-64(27-50(70)71)32-80-34-68)23-63(18-17-38-5-11-41(12-6-38)60-31-86)24-43-20-40(22-45(62-43)26-65(28-51(72)73)33-81-35-69)4-2-37-9-15-47(16-10-37)83-59-57(79)55(77)53(75)49(30-67)85-59/h5-16,19-22,34-35,48-49,52-59,66-67,74-79H,17-18,23-30,32-33H2,(H,70,71)(H,72,73). The summed E-state index contributed by atoms with van der Waals surface area (Å²) in [5.41, 5.74) is 5.12. The summed E-state index contributed by atoms with van der Waals surface area (Å²) in [5.74, 6) is 10.5. The average Bonchev–Trinajstić information content (AvgIpc) is 2.00. The van der Waals surface area contributed by atoms with E-state index in [1.165, 1.54) is 34.1 Å². The molecule has 7 rings (SSSR count). The third-order valence-electron chi connectivity index (χ3n) is 13.2. The molecule has 10 unspecified atom stereocenters. The van der Waals surface area contributed by atoms with Crippen LogP contribution in [-0.4, -0.2) is 213 Å². The Labute approximate surface area is 497 Å². The van der Waals surface area contributed by atoms with E-state index >= 15 is 0 Å². The van der Waals surface area contributed by atoms with Gasteiger partial charge in [-0.05, 0) is 109 Å². The predicted octanol–water partition coefficient (Wildman–Crippen LogP) is -0.353. The number of ether oxygens (including phenoxy) is 6. The third kappa shape index (κ3) is 19.4. The van der Waals surface area contributed by atoms with Gasteiger partial charge in [0.25, 0.3) is 12.9 Å². The summed E-state index contributed by atoms with van der Waals surface area (Å²) < 4.78 is 32.3. The highest BCUT2D eigenvalue weighted by atomic mass is 32.1. The van der Waals surface area contributed by atoms with Crippen molar-refractivity contribution in [2.45, 2.75) is 94.0 Å². The molecular formula is C59H62N6O20S. The first kappa shape index (κ1) is 65.4. The molecule has 4 heterocycles. The van der Waals surface area contributed by atoms with Crippen molar-refractivity contribution in [3.8, 4) is 35.2 Å². The molecule has 0 bridgehead atoms. The molecule has 0 saturated carbocycles. The van der Waals surface area contributed by atoms with Gasteiger partial charge in [-0.25, -0.2) is 0 Å². The van der Waals surface area contributed by atoms with Gasteiger partial charge in [0.1, 0.15) is 73.8 Å². The molecular weight excluding hydrogens is 1140 g/mol. The minimum absolute atomic E-state index is 0.0938. The topological polar surface area (TPSA) is 374 Å². The number of benzene rings is 3. The lowest BCUT2D eigenvalue weighted by molar-refractivity contribution is -0.277. The fourth-order valence-corrected chi connectivity index (χ4v) is 9.15. The van der Waals surface area contributed by atoms with Crippen LogP contribution in [0.2, 0.25) is 0 Å². The molecule has 454 valence electrons. The number of rotatable bonds is 28. The average molecular weight is 1210 g/mol. The maximum atomic E-state index is 11.9. The molecule has 0 radical (unpaired) electrons. The van der Waals surface area contributed by atoms with Gasteiger partial charge >= 0.3 is 11.9 Å². The number of aliphatic hydroxyl groups excluding tert-OH is 8. The smallest absolute Gasteiger partial charge is 0.317 e. The van der Waals surface area contributed by atoms with Crippen molar-refractivity contribution in [1.82, 2.24) is 24.7 Å². The van der Waals surface area contributed by atoms with E-state index in [1.54, 1.807) is 60.7 Å². The molecule has 27 heteroatoms. The van der Waals surface area contributed by atoms with Gasteiger partial charge in [-0.1, -0.05) is 35.8 Å². The summed E-state index contributed by atoms with van der Waals surface area (Å²) in [6, 6.07) is 26.8. The molecule has 86 heavy (non-hydrogen) atoms. The maximum absolute atomic E-state index is 11.9. The predicted molar refractivity (Wildman–Crippen MR) is 301 cm³/mol. The van der Waals surface area contributed by atoms with Gasteiger partial charge in [0.15, 0.2) is 0 Å². The van der Waals surface area contributed by atoms with E-state index in [2.05, 4.69) is 33.8 Å². The van der Waals surface area contributed by atoms with Gasteiger partial charge in [0.2, 0.25) is 12.6 Å². The first-order valence-corrected chi connectivity index (χ1v) is 26.9. The summed E-state index contributed by atoms with van der Waals surface area (Å²) in [5, 5.41) is 103. The van der Waals surface area contributed by atoms with Crippen LogP contribution in [0.15, 0.2) is 102 Å². The quantitative estimate of drug-likeness (QED) is 0.0101. The number of aliphatic imine (C=N–C) groups is 1. The van der Waals surface area contributed by atoms with Crippen LogP contribution >= 0.6 is 12.2 Å². The molecule has 26 nitrogen and oxygen atoms in total. The highest BCUT2D eigenvalue weighted by Crippen LogP contribution is 2.27. The SMILES string of the molecule is O=COCN(CC(=O)O)Cc1cc(C#Cc2ccc(OC3OC(CO)C(O)C(O)C3O)cc2)cc(CN(CCc2ccc(N=C=S)cc2)Cc2cc(C#Cc3ccc(OC4OC(CO)C(O)C(O)C4O)cc3)cc(CN(COC=O)CC(=O)O)n2)n1. The monoisotopic (exact) mass is 1210 g/mol. The second-order valence-electron chi connectivity index (χ2n) is 19.7. The normalized spacial score (nSPS) is 21.7. The number of aromatic nitrogens is 2. The highest BCUT2D eigenvalue weighted by molar-refractivity contribution is 7.78. The van der Waals surface area contributed by atoms with Gasteiger partial charge in [-0.3, -0.25) is 43.8 Å². The first-order valence-electron chi connectivity index (χ1n) is 26.5. The third-order valence-corrected chi connectivity index (χ3v) is 13.3. The van der Waals surface area contributed by atoms with Crippen molar-refractivity contribution in [3.63, 3.8) is 0 Å². The molecule has 3 aromatic carbocycles. The van der Waals surface area contributed by atoms with Crippen molar-refractivity contribution >= 4 is 47.9 Å². The Bertz CT molecular complexity index is 3080. The Balaban J connectivity index is 1.22. The van der Waals surface area contributed by atoms with E-state index in [1.807, 2.05) is 17.0 Å². The number of carbonyl (C=O) groups is 4. The fraction of sp³-hybridized carbons (Fsp3) is 0.373. The minimum atomic E-state index is -1.64. The molecule has 10 atom stereocenters. The molecule has 2 fully saturated rings. The van der Waals surface area contributed by atoms with Gasteiger partial charge in [-0.15, -0.1) is 0 Å². The van der Waals surface area contributed by atoms with Gasteiger partial charge in [0, 0.05) is 55.0 Å². The number of thiocarbonyl (C=S) groups is 1. The number of carboxylic acids is 2. The van der Waals surface area contributed by atoms with Crippen LogP contribution < -0.4 is 9.47 Å². The molecule has 0 amide bonds. The molecule has 0 spiro atoms. The number of pyridine rings is 2. The van der Waals surface area contributed by atoms with E-state index in [0.717, 1.165) is 5.56 Å². The Morgan fingerprint density at radius 1 is 0.547 bits per heavy atom. The lowest BCUT2D eigenvalue weighted by atomic mass is 9.99. The zero-order valence-electron chi connectivity index (χ0n) is 45.8. The summed E-state index contributed by atoms with van der Waals surface area (Å²) in [4.78, 5) is 65.0. The Morgan fingerprint density at radius 2 is 0.930 bits per heavy atom. The number of carboxylic acid groups (broad SMARTS) is 2. The second kappa shape index (κ2) is 32.4. The number of hydrogen-bond donors (Lipinski definition) is 10. The lowest BCUT2D eigenvalue weighted by Gasteiger charge is -2.39. The highest BCUT2D eigenvalue weighted by Gasteiger charge is 2.46. The first-order chi connectivity index (χ1) is 41.4. The van der Waals surface area contributed by atoms with Crippen molar-refractivity contribution in [2.24, 2.45) is 4.99 Å². The maximum Gasteiger partial charge on any atom is 0.317 e. The van der Waals surface area contributed by atoms with Crippen LogP contribution in [-0.2, 0) is 70.7 Å². The Morgan fingerprint density at radius 3 is 1.29 bits per heavy atom. The van der Waals surface area contributed by atoms with E-state index in [9.17, 15) is 70.2 Å². The summed E-state index contributed by atoms with van der Waals surface area (Å²) in [7, 11) is 0. The van der Waals surface area contributed by atoms with E-state index in [-0.39, 0.29) is 64.1 Å². The van der Waals surface area contributed by atoms with Gasteiger partial charge < -0.3 is 79.5 Å². The zero-order chi connectivity index (χ0) is 61.7. The number of aliphatic carboxylic acids is 2. The minimum Gasteiger partial charge on any atom is -0.480 e. The fourth-order valence-electron chi connectivity index (χ4n) is 9.04. The summed E-state index contributed by atoms with van der Waals surface area (Å²) >= 11 is 4.79. The van der Waals surface area contributed by atoms with E-state index in [4.69, 9.17) is 50.6 Å². The molecule has 2 aromatic heterocycles. The van der Waals surface area contributed by atoms with Crippen LogP contribution in [0.5, 0.6) is 11.5 Å². The van der Waals surface area contributed by atoms with Crippen LogP contribution in [0.25, 0.3) is 0 Å². The zero-order valence-corrected chi connectivity index (χ0v) is 46.6.